The molecule has 1 aliphatic carbocycles. The molecule has 1 fully saturated rings. The number of nitrogen functional groups attached to an aromatic ring is 1. The van der Waals surface area contributed by atoms with Crippen LogP contribution in [0.2, 0.25) is 0 Å². The van der Waals surface area contributed by atoms with Gasteiger partial charge in [-0.05, 0) is 18.8 Å². The molecular weight excluding hydrogens is 244 g/mol. The molecule has 19 heavy (non-hydrogen) atoms. The van der Waals surface area contributed by atoms with Gasteiger partial charge in [0.2, 0.25) is 0 Å². The smallest absolute Gasteiger partial charge is 0.332 e. The second-order valence-electron chi connectivity index (χ2n) is 5.38. The van der Waals surface area contributed by atoms with Gasteiger partial charge >= 0.3 is 5.69 Å². The molecule has 3 N–H and O–H groups in total. The Labute approximate surface area is 112 Å². The molecule has 0 amide bonds. The SMILES string of the molecule is CCCCn1c(N)c(NC2CC2C)c(=O)n(C)c1=O. The Kier molecular flexibility index (Phi) is 3.68. The fourth-order valence-electron chi connectivity index (χ4n) is 2.16. The molecule has 1 aromatic heterocycles. The summed E-state index contributed by atoms with van der Waals surface area (Å²) in [7, 11) is 1.49. The summed E-state index contributed by atoms with van der Waals surface area (Å²) in [6.07, 6.45) is 2.87. The topological polar surface area (TPSA) is 82.0 Å². The second-order valence-corrected chi connectivity index (χ2v) is 5.38. The van der Waals surface area contributed by atoms with E-state index in [1.54, 1.807) is 0 Å². The largest absolute Gasteiger partial charge is 0.383 e. The van der Waals surface area contributed by atoms with E-state index >= 15 is 0 Å². The van der Waals surface area contributed by atoms with Gasteiger partial charge < -0.3 is 11.1 Å². The molecule has 0 bridgehead atoms. The highest BCUT2D eigenvalue weighted by Gasteiger charge is 2.34. The van der Waals surface area contributed by atoms with Gasteiger partial charge in [0.15, 0.2) is 0 Å². The number of anilines is 2. The van der Waals surface area contributed by atoms with Crippen molar-refractivity contribution in [3.8, 4) is 0 Å². The van der Waals surface area contributed by atoms with Crippen LogP contribution in [-0.4, -0.2) is 15.2 Å². The van der Waals surface area contributed by atoms with Crippen LogP contribution in [0, 0.1) is 5.92 Å². The molecule has 1 aliphatic rings. The summed E-state index contributed by atoms with van der Waals surface area (Å²) in [5, 5.41) is 3.17. The maximum Gasteiger partial charge on any atom is 0.332 e. The molecule has 2 atom stereocenters. The lowest BCUT2D eigenvalue weighted by Crippen LogP contribution is -2.41. The first-order valence-corrected chi connectivity index (χ1v) is 6.83. The van der Waals surface area contributed by atoms with Gasteiger partial charge in [0.1, 0.15) is 11.5 Å². The van der Waals surface area contributed by atoms with E-state index in [2.05, 4.69) is 12.2 Å². The highest BCUT2D eigenvalue weighted by molar-refractivity contribution is 5.61. The summed E-state index contributed by atoms with van der Waals surface area (Å²) in [4.78, 5) is 24.2. The van der Waals surface area contributed by atoms with Crippen LogP contribution in [0.3, 0.4) is 0 Å². The standard InChI is InChI=1S/C13H22N4O2/c1-4-5-6-17-11(14)10(15-9-7-8(9)2)12(18)16(3)13(17)19/h8-9,15H,4-7,14H2,1-3H3. The number of nitrogens with two attached hydrogens (primary N) is 1. The van der Waals surface area contributed by atoms with E-state index in [9.17, 15) is 9.59 Å². The van der Waals surface area contributed by atoms with Gasteiger partial charge in [0.25, 0.3) is 5.56 Å². The Morgan fingerprint density at radius 2 is 2.05 bits per heavy atom. The van der Waals surface area contributed by atoms with Gasteiger partial charge in [-0.1, -0.05) is 20.3 Å². The fraction of sp³-hybridized carbons (Fsp3) is 0.692. The number of aromatic nitrogens is 2. The molecule has 6 nitrogen and oxygen atoms in total. The minimum atomic E-state index is -0.342. The van der Waals surface area contributed by atoms with Crippen molar-refractivity contribution in [3.05, 3.63) is 20.8 Å². The van der Waals surface area contributed by atoms with E-state index in [1.165, 1.54) is 11.6 Å². The zero-order valence-corrected chi connectivity index (χ0v) is 11.8. The molecule has 1 aromatic rings. The molecule has 0 spiro atoms. The average Bonchev–Trinajstić information content (AvgIpc) is 3.08. The van der Waals surface area contributed by atoms with Crippen molar-refractivity contribution in [2.24, 2.45) is 13.0 Å². The monoisotopic (exact) mass is 266 g/mol. The van der Waals surface area contributed by atoms with Gasteiger partial charge in [0, 0.05) is 19.6 Å². The zero-order valence-electron chi connectivity index (χ0n) is 11.8. The highest BCUT2D eigenvalue weighted by atomic mass is 16.2. The van der Waals surface area contributed by atoms with Crippen molar-refractivity contribution in [2.45, 2.75) is 45.7 Å². The van der Waals surface area contributed by atoms with Crippen LogP contribution in [0.4, 0.5) is 11.5 Å². The zero-order chi connectivity index (χ0) is 14.2. The molecule has 2 unspecified atom stereocenters. The Hall–Kier alpha value is -1.72. The number of rotatable bonds is 5. The molecule has 2 rings (SSSR count). The van der Waals surface area contributed by atoms with Gasteiger partial charge in [0.05, 0.1) is 0 Å². The van der Waals surface area contributed by atoms with Gasteiger partial charge in [-0.15, -0.1) is 0 Å². The Balaban J connectivity index is 2.44. The van der Waals surface area contributed by atoms with Gasteiger partial charge in [-0.3, -0.25) is 13.9 Å². The third-order valence-corrected chi connectivity index (χ3v) is 3.76. The molecular formula is C13H22N4O2. The molecule has 1 saturated carbocycles. The number of unbranched alkanes of at least 4 members (excludes halogenated alkanes) is 1. The number of nitrogens with one attached hydrogen (secondary N) is 1. The van der Waals surface area contributed by atoms with E-state index in [4.69, 9.17) is 5.73 Å². The molecule has 106 valence electrons. The van der Waals surface area contributed by atoms with Crippen molar-refractivity contribution in [1.29, 1.82) is 0 Å². The Morgan fingerprint density at radius 3 is 2.58 bits per heavy atom. The predicted molar refractivity (Wildman–Crippen MR) is 76.5 cm³/mol. The van der Waals surface area contributed by atoms with Crippen LogP contribution in [0.5, 0.6) is 0 Å². The van der Waals surface area contributed by atoms with Crippen LogP contribution in [0.25, 0.3) is 0 Å². The highest BCUT2D eigenvalue weighted by Crippen LogP contribution is 2.32. The number of nitrogens with zero attached hydrogens (tertiary/aromatic N) is 2. The number of hydrogen-bond donors (Lipinski definition) is 2. The second kappa shape index (κ2) is 5.11. The van der Waals surface area contributed by atoms with E-state index < -0.39 is 0 Å². The quantitative estimate of drug-likeness (QED) is 0.824. The summed E-state index contributed by atoms with van der Waals surface area (Å²) < 4.78 is 2.61. The summed E-state index contributed by atoms with van der Waals surface area (Å²) in [5.74, 6) is 0.820. The van der Waals surface area contributed by atoms with Crippen molar-refractivity contribution in [3.63, 3.8) is 0 Å². The van der Waals surface area contributed by atoms with E-state index in [0.717, 1.165) is 23.8 Å². The lowest BCUT2D eigenvalue weighted by atomic mass is 10.3. The molecule has 1 heterocycles. The predicted octanol–water partition coefficient (Wildman–Crippen LogP) is 0.750. The summed E-state index contributed by atoms with van der Waals surface area (Å²) in [5.41, 5.74) is 5.69. The first kappa shape index (κ1) is 13.7. The van der Waals surface area contributed by atoms with E-state index in [0.29, 0.717) is 24.2 Å². The van der Waals surface area contributed by atoms with Crippen LogP contribution in [-0.2, 0) is 13.6 Å². The Morgan fingerprint density at radius 1 is 1.42 bits per heavy atom. The lowest BCUT2D eigenvalue weighted by Gasteiger charge is -2.15. The first-order valence-electron chi connectivity index (χ1n) is 6.83. The fourth-order valence-corrected chi connectivity index (χ4v) is 2.16. The third-order valence-electron chi connectivity index (χ3n) is 3.76. The van der Waals surface area contributed by atoms with Crippen LogP contribution < -0.4 is 22.3 Å². The first-order chi connectivity index (χ1) is 8.97. The molecule has 0 saturated heterocycles. The van der Waals surface area contributed by atoms with Gasteiger partial charge in [-0.25, -0.2) is 4.79 Å². The molecule has 0 aliphatic heterocycles. The van der Waals surface area contributed by atoms with Crippen LogP contribution in [0.15, 0.2) is 9.59 Å². The molecule has 0 radical (unpaired) electrons. The van der Waals surface area contributed by atoms with E-state index in [1.807, 2.05) is 6.92 Å². The van der Waals surface area contributed by atoms with E-state index in [-0.39, 0.29) is 17.1 Å². The van der Waals surface area contributed by atoms with Crippen molar-refractivity contribution >= 4 is 11.5 Å². The lowest BCUT2D eigenvalue weighted by molar-refractivity contribution is 0.575. The minimum Gasteiger partial charge on any atom is -0.383 e. The minimum absolute atomic E-state index is 0.264. The third kappa shape index (κ3) is 2.52. The summed E-state index contributed by atoms with van der Waals surface area (Å²) >= 11 is 0. The summed E-state index contributed by atoms with van der Waals surface area (Å²) in [6.45, 7) is 4.71. The maximum atomic E-state index is 12.1. The van der Waals surface area contributed by atoms with Crippen LogP contribution >= 0.6 is 0 Å². The van der Waals surface area contributed by atoms with Gasteiger partial charge in [-0.2, -0.15) is 0 Å². The van der Waals surface area contributed by atoms with Crippen LogP contribution in [0.1, 0.15) is 33.1 Å². The Bertz CT molecular complexity index is 588. The van der Waals surface area contributed by atoms with Crippen molar-refractivity contribution in [1.82, 2.24) is 9.13 Å². The average molecular weight is 266 g/mol. The number of hydrogen-bond acceptors (Lipinski definition) is 4. The summed E-state index contributed by atoms with van der Waals surface area (Å²) in [6, 6.07) is 0.298. The maximum absolute atomic E-state index is 12.1. The molecule has 0 aromatic carbocycles. The normalized spacial score (nSPS) is 21.4. The molecule has 6 heteroatoms. The van der Waals surface area contributed by atoms with Crippen molar-refractivity contribution < 1.29 is 0 Å². The van der Waals surface area contributed by atoms with Crippen molar-refractivity contribution in [2.75, 3.05) is 11.1 Å².